The maximum atomic E-state index is 13.3. The van der Waals surface area contributed by atoms with Gasteiger partial charge in [0.2, 0.25) is 0 Å². The first-order chi connectivity index (χ1) is 15.8. The number of hydrogen-bond acceptors (Lipinski definition) is 5. The quantitative estimate of drug-likeness (QED) is 0.560. The first-order valence-corrected chi connectivity index (χ1v) is 10.7. The number of halogens is 3. The Kier molecular flexibility index (Phi) is 5.19. The first kappa shape index (κ1) is 21.6. The Morgan fingerprint density at radius 1 is 1.30 bits per heavy atom. The molecule has 0 saturated heterocycles. The molecule has 10 heteroatoms. The summed E-state index contributed by atoms with van der Waals surface area (Å²) in [5, 5.41) is 6.87. The predicted octanol–water partition coefficient (Wildman–Crippen LogP) is 3.79. The third-order valence-corrected chi connectivity index (χ3v) is 6.41. The van der Waals surface area contributed by atoms with Gasteiger partial charge in [-0.3, -0.25) is 4.79 Å². The molecule has 2 saturated carbocycles. The SMILES string of the molecule is COc1cc(-c2cnn3cc(C4(N)CCC4)ccc23)cc(OC(F)F)c1C(=O)N[C@@H]1C[C@@H]1F. The van der Waals surface area contributed by atoms with Crippen molar-refractivity contribution < 1.29 is 27.4 Å². The van der Waals surface area contributed by atoms with Crippen molar-refractivity contribution in [2.45, 2.75) is 50.0 Å². The van der Waals surface area contributed by atoms with Crippen LogP contribution in [0.15, 0.2) is 36.7 Å². The maximum Gasteiger partial charge on any atom is 0.387 e. The molecule has 1 aromatic carbocycles. The fourth-order valence-electron chi connectivity index (χ4n) is 4.22. The maximum absolute atomic E-state index is 13.3. The molecule has 0 spiro atoms. The summed E-state index contributed by atoms with van der Waals surface area (Å²) < 4.78 is 51.3. The highest BCUT2D eigenvalue weighted by molar-refractivity contribution is 6.01. The normalized spacial score (nSPS) is 21.0. The summed E-state index contributed by atoms with van der Waals surface area (Å²) in [7, 11) is 1.32. The van der Waals surface area contributed by atoms with Gasteiger partial charge in [-0.05, 0) is 48.6 Å². The van der Waals surface area contributed by atoms with Gasteiger partial charge in [0.25, 0.3) is 5.91 Å². The average molecular weight is 460 g/mol. The lowest BCUT2D eigenvalue weighted by Gasteiger charge is -2.38. The van der Waals surface area contributed by atoms with Crippen molar-refractivity contribution in [1.29, 1.82) is 0 Å². The molecule has 5 rings (SSSR count). The van der Waals surface area contributed by atoms with Crippen LogP contribution in [0.3, 0.4) is 0 Å². The largest absolute Gasteiger partial charge is 0.496 e. The minimum atomic E-state index is -3.17. The Morgan fingerprint density at radius 2 is 2.03 bits per heavy atom. The zero-order valence-electron chi connectivity index (χ0n) is 17.9. The summed E-state index contributed by atoms with van der Waals surface area (Å²) in [4.78, 5) is 12.7. The van der Waals surface area contributed by atoms with E-state index in [0.29, 0.717) is 11.1 Å². The number of carbonyl (C=O) groups excluding carboxylic acids is 1. The van der Waals surface area contributed by atoms with Gasteiger partial charge in [0.15, 0.2) is 0 Å². The van der Waals surface area contributed by atoms with Crippen LogP contribution in [0.5, 0.6) is 11.5 Å². The van der Waals surface area contributed by atoms with E-state index in [4.69, 9.17) is 10.5 Å². The van der Waals surface area contributed by atoms with Crippen LogP contribution < -0.4 is 20.5 Å². The van der Waals surface area contributed by atoms with Crippen molar-refractivity contribution in [3.8, 4) is 22.6 Å². The van der Waals surface area contributed by atoms with Gasteiger partial charge in [-0.15, -0.1) is 0 Å². The number of methoxy groups -OCH3 is 1. The summed E-state index contributed by atoms with van der Waals surface area (Å²) >= 11 is 0. The van der Waals surface area contributed by atoms with Crippen LogP contribution in [0.1, 0.15) is 41.6 Å². The molecule has 2 aromatic heterocycles. The van der Waals surface area contributed by atoms with E-state index < -0.39 is 24.7 Å². The predicted molar refractivity (Wildman–Crippen MR) is 114 cm³/mol. The van der Waals surface area contributed by atoms with Gasteiger partial charge in [-0.1, -0.05) is 6.07 Å². The van der Waals surface area contributed by atoms with Crippen LogP contribution in [0.25, 0.3) is 16.6 Å². The number of nitrogens with one attached hydrogen (secondary N) is 1. The Morgan fingerprint density at radius 3 is 2.64 bits per heavy atom. The zero-order chi connectivity index (χ0) is 23.3. The monoisotopic (exact) mass is 460 g/mol. The highest BCUT2D eigenvalue weighted by atomic mass is 19.3. The van der Waals surface area contributed by atoms with E-state index in [0.717, 1.165) is 30.3 Å². The number of rotatable bonds is 7. The van der Waals surface area contributed by atoms with Crippen molar-refractivity contribution in [1.82, 2.24) is 14.9 Å². The smallest absolute Gasteiger partial charge is 0.387 e. The van der Waals surface area contributed by atoms with Crippen molar-refractivity contribution in [2.24, 2.45) is 5.73 Å². The molecule has 0 radical (unpaired) electrons. The van der Waals surface area contributed by atoms with Gasteiger partial charge in [-0.25, -0.2) is 8.91 Å². The highest BCUT2D eigenvalue weighted by Gasteiger charge is 2.40. The van der Waals surface area contributed by atoms with Crippen LogP contribution in [-0.4, -0.2) is 41.5 Å². The Bertz CT molecular complexity index is 1230. The van der Waals surface area contributed by atoms with Crippen molar-refractivity contribution >= 4 is 11.4 Å². The fourth-order valence-corrected chi connectivity index (χ4v) is 4.22. The van der Waals surface area contributed by atoms with E-state index in [1.54, 1.807) is 16.8 Å². The molecule has 174 valence electrons. The number of carbonyl (C=O) groups is 1. The number of hydrogen-bond donors (Lipinski definition) is 2. The third-order valence-electron chi connectivity index (χ3n) is 6.41. The fraction of sp³-hybridized carbons (Fsp3) is 0.391. The highest BCUT2D eigenvalue weighted by Crippen LogP contribution is 2.41. The van der Waals surface area contributed by atoms with Gasteiger partial charge in [-0.2, -0.15) is 13.9 Å². The van der Waals surface area contributed by atoms with E-state index in [-0.39, 0.29) is 29.0 Å². The van der Waals surface area contributed by atoms with E-state index in [1.165, 1.54) is 13.2 Å². The molecule has 1 amide bonds. The van der Waals surface area contributed by atoms with Crippen molar-refractivity contribution in [3.63, 3.8) is 0 Å². The summed E-state index contributed by atoms with van der Waals surface area (Å²) in [5.41, 5.74) is 8.67. The number of alkyl halides is 3. The van der Waals surface area contributed by atoms with E-state index in [9.17, 15) is 18.0 Å². The number of aromatic nitrogens is 2. The van der Waals surface area contributed by atoms with Gasteiger partial charge < -0.3 is 20.5 Å². The number of pyridine rings is 1. The molecule has 2 aliphatic rings. The second kappa shape index (κ2) is 7.95. The lowest BCUT2D eigenvalue weighted by atomic mass is 9.73. The van der Waals surface area contributed by atoms with Gasteiger partial charge in [0.1, 0.15) is 23.2 Å². The molecular formula is C23H23F3N4O3. The Balaban J connectivity index is 1.56. The van der Waals surface area contributed by atoms with Crippen LogP contribution in [0, 0.1) is 0 Å². The molecule has 2 fully saturated rings. The zero-order valence-corrected chi connectivity index (χ0v) is 17.9. The first-order valence-electron chi connectivity index (χ1n) is 10.7. The van der Waals surface area contributed by atoms with E-state index in [2.05, 4.69) is 15.2 Å². The lowest BCUT2D eigenvalue weighted by Crippen LogP contribution is -2.43. The summed E-state index contributed by atoms with van der Waals surface area (Å²) in [5.74, 6) is -1.07. The number of nitrogens with zero attached hydrogens (tertiary/aromatic N) is 2. The van der Waals surface area contributed by atoms with Gasteiger partial charge in [0, 0.05) is 23.7 Å². The summed E-state index contributed by atoms with van der Waals surface area (Å²) in [6, 6.07) is 6.06. The number of fused-ring (bicyclic) bond motifs is 1. The van der Waals surface area contributed by atoms with Crippen LogP contribution in [0.4, 0.5) is 13.2 Å². The molecule has 2 aliphatic carbocycles. The minimum absolute atomic E-state index is 0.0306. The molecule has 3 N–H and O–H groups in total. The third kappa shape index (κ3) is 3.88. The number of benzene rings is 1. The van der Waals surface area contributed by atoms with E-state index >= 15 is 0 Å². The number of ether oxygens (including phenoxy) is 2. The molecule has 33 heavy (non-hydrogen) atoms. The topological polar surface area (TPSA) is 90.9 Å². The summed E-state index contributed by atoms with van der Waals surface area (Å²) in [6.07, 6.45) is 5.41. The number of nitrogens with two attached hydrogens (primary N) is 1. The molecule has 2 heterocycles. The molecule has 3 aromatic rings. The lowest BCUT2D eigenvalue weighted by molar-refractivity contribution is -0.0502. The standard InChI is InChI=1S/C23H23F3N4O3/c1-32-18-7-12(8-19(33-22(25)26)20(18)21(31)29-16-9-15(16)24)14-10-28-30-11-13(3-4-17(14)30)23(27)5-2-6-23/h3-4,7-8,10-11,15-16,22H,2,5-6,9,27H2,1H3,(H,29,31)/t15-,16+/m0/s1. The van der Waals surface area contributed by atoms with Crippen LogP contribution in [-0.2, 0) is 5.54 Å². The number of amides is 1. The van der Waals surface area contributed by atoms with Crippen molar-refractivity contribution in [2.75, 3.05) is 7.11 Å². The Hall–Kier alpha value is -3.27. The van der Waals surface area contributed by atoms with Crippen LogP contribution in [0.2, 0.25) is 0 Å². The van der Waals surface area contributed by atoms with Crippen LogP contribution >= 0.6 is 0 Å². The van der Waals surface area contributed by atoms with Crippen molar-refractivity contribution in [3.05, 3.63) is 47.8 Å². The molecular weight excluding hydrogens is 437 g/mol. The summed E-state index contributed by atoms with van der Waals surface area (Å²) in [6.45, 7) is -3.17. The second-order valence-corrected chi connectivity index (χ2v) is 8.58. The molecule has 0 aliphatic heterocycles. The second-order valence-electron chi connectivity index (χ2n) is 8.58. The average Bonchev–Trinajstić information content (AvgIpc) is 3.28. The molecule has 7 nitrogen and oxygen atoms in total. The van der Waals surface area contributed by atoms with Gasteiger partial charge >= 0.3 is 6.61 Å². The molecule has 2 atom stereocenters. The van der Waals surface area contributed by atoms with Gasteiger partial charge in [0.05, 0.1) is 24.9 Å². The van der Waals surface area contributed by atoms with E-state index in [1.807, 2.05) is 18.3 Å². The molecule has 0 unspecified atom stereocenters. The minimum Gasteiger partial charge on any atom is -0.496 e. The molecule has 0 bridgehead atoms. The Labute approximate surface area is 187 Å².